The first kappa shape index (κ1) is 16.2. The normalized spacial score (nSPS) is 13.3. The van der Waals surface area contributed by atoms with E-state index in [1.54, 1.807) is 19.1 Å². The molecule has 0 spiro atoms. The molecular formula is C16H21NO3. The van der Waals surface area contributed by atoms with Crippen molar-refractivity contribution in [2.24, 2.45) is 0 Å². The monoisotopic (exact) mass is 275 g/mol. The number of carbonyl (C=O) groups excluding carboxylic acids is 1. The van der Waals surface area contributed by atoms with E-state index in [9.17, 15) is 10.1 Å². The molecule has 0 amide bonds. The molecule has 0 heterocycles. The molecule has 0 fully saturated rings. The van der Waals surface area contributed by atoms with Gasteiger partial charge in [0.05, 0.1) is 6.61 Å². The molecule has 1 atom stereocenters. The lowest BCUT2D eigenvalue weighted by Crippen LogP contribution is -2.38. The molecule has 0 aliphatic rings. The van der Waals surface area contributed by atoms with E-state index in [1.807, 2.05) is 18.2 Å². The van der Waals surface area contributed by atoms with Crippen molar-refractivity contribution < 1.29 is 14.3 Å². The van der Waals surface area contributed by atoms with Gasteiger partial charge in [-0.1, -0.05) is 37.6 Å². The summed E-state index contributed by atoms with van der Waals surface area (Å²) in [5.41, 5.74) is 0.00264. The largest absolute Gasteiger partial charge is 0.463 e. The lowest BCUT2D eigenvalue weighted by molar-refractivity contribution is -0.163. The smallest absolute Gasteiger partial charge is 0.358 e. The third-order valence-electron chi connectivity index (χ3n) is 3.21. The minimum Gasteiger partial charge on any atom is -0.463 e. The topological polar surface area (TPSA) is 59.3 Å². The van der Waals surface area contributed by atoms with Crippen LogP contribution in [0.4, 0.5) is 0 Å². The molecule has 20 heavy (non-hydrogen) atoms. The van der Waals surface area contributed by atoms with Crippen LogP contribution in [-0.4, -0.2) is 19.7 Å². The SMILES string of the molecule is CCCCc1ccc(C(C#N)(OC)C(=O)OCC)cc1. The second-order valence-corrected chi connectivity index (χ2v) is 4.52. The Balaban J connectivity index is 3.04. The van der Waals surface area contributed by atoms with Crippen LogP contribution in [0.3, 0.4) is 0 Å². The first-order valence-corrected chi connectivity index (χ1v) is 6.87. The van der Waals surface area contributed by atoms with E-state index >= 15 is 0 Å². The Bertz CT molecular complexity index is 475. The second-order valence-electron chi connectivity index (χ2n) is 4.52. The van der Waals surface area contributed by atoms with Gasteiger partial charge in [0.25, 0.3) is 5.60 Å². The Morgan fingerprint density at radius 1 is 1.30 bits per heavy atom. The summed E-state index contributed by atoms with van der Waals surface area (Å²) in [4.78, 5) is 12.0. The van der Waals surface area contributed by atoms with Crippen LogP contribution in [0.25, 0.3) is 0 Å². The predicted molar refractivity (Wildman–Crippen MR) is 76.0 cm³/mol. The number of esters is 1. The van der Waals surface area contributed by atoms with Gasteiger partial charge in [-0.3, -0.25) is 0 Å². The summed E-state index contributed by atoms with van der Waals surface area (Å²) in [5, 5.41) is 9.36. The molecule has 4 heteroatoms. The van der Waals surface area contributed by atoms with E-state index < -0.39 is 11.6 Å². The fourth-order valence-corrected chi connectivity index (χ4v) is 1.99. The van der Waals surface area contributed by atoms with Crippen LogP contribution < -0.4 is 0 Å². The van der Waals surface area contributed by atoms with E-state index in [0.29, 0.717) is 5.56 Å². The van der Waals surface area contributed by atoms with Crippen molar-refractivity contribution in [1.82, 2.24) is 0 Å². The summed E-state index contributed by atoms with van der Waals surface area (Å²) < 4.78 is 10.1. The van der Waals surface area contributed by atoms with Crippen LogP contribution in [0.15, 0.2) is 24.3 Å². The van der Waals surface area contributed by atoms with Crippen molar-refractivity contribution in [3.63, 3.8) is 0 Å². The Hall–Kier alpha value is -1.86. The molecule has 0 radical (unpaired) electrons. The van der Waals surface area contributed by atoms with E-state index in [4.69, 9.17) is 9.47 Å². The lowest BCUT2D eigenvalue weighted by atomic mass is 9.93. The standard InChI is InChI=1S/C16H21NO3/c1-4-6-7-13-8-10-14(11-9-13)16(12-17,19-3)15(18)20-5-2/h8-11H,4-7H2,1-3H3. The first-order valence-electron chi connectivity index (χ1n) is 6.87. The van der Waals surface area contributed by atoms with Crippen molar-refractivity contribution in [1.29, 1.82) is 5.26 Å². The quantitative estimate of drug-likeness (QED) is 0.718. The van der Waals surface area contributed by atoms with Crippen molar-refractivity contribution >= 4 is 5.97 Å². The molecular weight excluding hydrogens is 254 g/mol. The number of rotatable bonds is 7. The molecule has 0 saturated heterocycles. The summed E-state index contributed by atoms with van der Waals surface area (Å²) in [6.07, 6.45) is 3.23. The number of ether oxygens (including phenoxy) is 2. The number of carbonyl (C=O) groups is 1. The molecule has 4 nitrogen and oxygen atoms in total. The molecule has 108 valence electrons. The van der Waals surface area contributed by atoms with Gasteiger partial charge in [0.1, 0.15) is 6.07 Å². The third-order valence-corrected chi connectivity index (χ3v) is 3.21. The van der Waals surface area contributed by atoms with Gasteiger partial charge < -0.3 is 9.47 Å². The second kappa shape index (κ2) is 7.66. The van der Waals surface area contributed by atoms with Gasteiger partial charge >= 0.3 is 5.97 Å². The average Bonchev–Trinajstić information content (AvgIpc) is 2.48. The zero-order chi connectivity index (χ0) is 15.0. The van der Waals surface area contributed by atoms with Gasteiger partial charge in [-0.15, -0.1) is 0 Å². The van der Waals surface area contributed by atoms with Gasteiger partial charge in [-0.05, 0) is 25.3 Å². The molecule has 1 aromatic rings. The fourth-order valence-electron chi connectivity index (χ4n) is 1.99. The van der Waals surface area contributed by atoms with Crippen LogP contribution in [0.5, 0.6) is 0 Å². The highest BCUT2D eigenvalue weighted by Gasteiger charge is 2.42. The number of aryl methyl sites for hydroxylation is 1. The van der Waals surface area contributed by atoms with Gasteiger partial charge in [0, 0.05) is 12.7 Å². The van der Waals surface area contributed by atoms with Crippen molar-refractivity contribution in [2.45, 2.75) is 38.7 Å². The van der Waals surface area contributed by atoms with E-state index in [0.717, 1.165) is 19.3 Å². The Kier molecular flexibility index (Phi) is 6.20. The minimum atomic E-state index is -1.68. The summed E-state index contributed by atoms with van der Waals surface area (Å²) in [5.74, 6) is -0.675. The number of unbranched alkanes of at least 4 members (excludes halogenated alkanes) is 1. The number of benzene rings is 1. The van der Waals surface area contributed by atoms with Gasteiger partial charge in [0.2, 0.25) is 0 Å². The van der Waals surface area contributed by atoms with Crippen molar-refractivity contribution in [2.75, 3.05) is 13.7 Å². The molecule has 0 bridgehead atoms. The van der Waals surface area contributed by atoms with Crippen molar-refractivity contribution in [3.8, 4) is 6.07 Å². The van der Waals surface area contributed by atoms with E-state index in [1.165, 1.54) is 12.7 Å². The van der Waals surface area contributed by atoms with Crippen LogP contribution in [-0.2, 0) is 26.3 Å². The van der Waals surface area contributed by atoms with Crippen LogP contribution >= 0.6 is 0 Å². The van der Waals surface area contributed by atoms with Crippen LogP contribution in [0.2, 0.25) is 0 Å². The molecule has 1 rings (SSSR count). The Morgan fingerprint density at radius 3 is 2.40 bits per heavy atom. The number of hydrogen-bond donors (Lipinski definition) is 0. The zero-order valence-corrected chi connectivity index (χ0v) is 12.3. The number of hydrogen-bond acceptors (Lipinski definition) is 4. The third kappa shape index (κ3) is 3.37. The van der Waals surface area contributed by atoms with Crippen LogP contribution in [0.1, 0.15) is 37.8 Å². The lowest BCUT2D eigenvalue weighted by Gasteiger charge is -2.23. The van der Waals surface area contributed by atoms with E-state index in [-0.39, 0.29) is 6.61 Å². The fraction of sp³-hybridized carbons (Fsp3) is 0.500. The number of nitrogens with zero attached hydrogens (tertiary/aromatic N) is 1. The maximum atomic E-state index is 12.0. The van der Waals surface area contributed by atoms with Gasteiger partial charge in [-0.2, -0.15) is 5.26 Å². The molecule has 1 unspecified atom stereocenters. The molecule has 0 aliphatic heterocycles. The average molecular weight is 275 g/mol. The Morgan fingerprint density at radius 2 is 1.95 bits per heavy atom. The van der Waals surface area contributed by atoms with Gasteiger partial charge in [0.15, 0.2) is 0 Å². The highest BCUT2D eigenvalue weighted by molar-refractivity contribution is 5.84. The Labute approximate surface area is 120 Å². The maximum absolute atomic E-state index is 12.0. The highest BCUT2D eigenvalue weighted by Crippen LogP contribution is 2.27. The maximum Gasteiger partial charge on any atom is 0.358 e. The van der Waals surface area contributed by atoms with Gasteiger partial charge in [-0.25, -0.2) is 4.79 Å². The summed E-state index contributed by atoms with van der Waals surface area (Å²) in [7, 11) is 1.34. The molecule has 0 aliphatic carbocycles. The predicted octanol–water partition coefficient (Wildman–Crippen LogP) is 2.96. The molecule has 0 saturated carbocycles. The highest BCUT2D eigenvalue weighted by atomic mass is 16.6. The summed E-state index contributed by atoms with van der Waals surface area (Å²) in [6.45, 7) is 4.05. The summed E-state index contributed by atoms with van der Waals surface area (Å²) >= 11 is 0. The van der Waals surface area contributed by atoms with E-state index in [2.05, 4.69) is 6.92 Å². The zero-order valence-electron chi connectivity index (χ0n) is 12.3. The number of nitriles is 1. The molecule has 0 aromatic heterocycles. The first-order chi connectivity index (χ1) is 9.64. The minimum absolute atomic E-state index is 0.209. The van der Waals surface area contributed by atoms with Crippen molar-refractivity contribution in [3.05, 3.63) is 35.4 Å². The summed E-state index contributed by atoms with van der Waals surface area (Å²) in [6, 6.07) is 9.30. The van der Waals surface area contributed by atoms with Crippen LogP contribution in [0, 0.1) is 11.3 Å². The molecule has 0 N–H and O–H groups in total. The molecule has 1 aromatic carbocycles. The number of methoxy groups -OCH3 is 1.